The Morgan fingerprint density at radius 1 is 1.40 bits per heavy atom. The lowest BCUT2D eigenvalue weighted by atomic mass is 9.95. The van der Waals surface area contributed by atoms with Crippen LogP contribution in [0.25, 0.3) is 0 Å². The normalized spacial score (nSPS) is 21.9. The van der Waals surface area contributed by atoms with Gasteiger partial charge in [-0.15, -0.1) is 0 Å². The molecule has 0 bridgehead atoms. The molecule has 1 aromatic rings. The number of aromatic nitrogens is 1. The van der Waals surface area contributed by atoms with Gasteiger partial charge in [0.05, 0.1) is 10.9 Å². The van der Waals surface area contributed by atoms with Crippen molar-refractivity contribution < 1.29 is 5.11 Å². The minimum Gasteiger partial charge on any atom is -0.396 e. The lowest BCUT2D eigenvalue weighted by Crippen LogP contribution is -2.26. The molecule has 2 unspecified atom stereocenters. The van der Waals surface area contributed by atoms with Crippen molar-refractivity contribution in [2.75, 3.05) is 30.7 Å². The van der Waals surface area contributed by atoms with Crippen LogP contribution in [-0.4, -0.2) is 40.8 Å². The van der Waals surface area contributed by atoms with Gasteiger partial charge in [0.15, 0.2) is 0 Å². The molecule has 2 atom stereocenters. The molecule has 2 heterocycles. The number of aliphatic hydroxyl groups is 1. The molecule has 0 saturated carbocycles. The Labute approximate surface area is 122 Å². The van der Waals surface area contributed by atoms with Crippen LogP contribution in [0.1, 0.15) is 36.3 Å². The van der Waals surface area contributed by atoms with Gasteiger partial charge in [-0.25, -0.2) is 15.0 Å². The summed E-state index contributed by atoms with van der Waals surface area (Å²) in [4.78, 5) is 4.40. The molecular weight excluding hydrogens is 270 g/mol. The summed E-state index contributed by atoms with van der Waals surface area (Å²) in [6.07, 6.45) is 11.4. The number of aliphatic hydroxyl groups excluding tert-OH is 1. The minimum absolute atomic E-state index is 0.247. The number of fused-ring (bicyclic) bond motifs is 1. The molecule has 0 aromatic carbocycles. The highest BCUT2D eigenvalue weighted by Gasteiger charge is 2.37. The number of nitriles is 1. The van der Waals surface area contributed by atoms with E-state index in [9.17, 15) is 0 Å². The molecule has 2 rings (SSSR count). The quantitative estimate of drug-likeness (QED) is 0.819. The van der Waals surface area contributed by atoms with Crippen LogP contribution in [0, 0.1) is 11.3 Å². The molecule has 110 valence electrons. The largest absolute Gasteiger partial charge is 0.396 e. The highest BCUT2D eigenvalue weighted by molar-refractivity contribution is 8.32. The second-order valence-electron chi connectivity index (χ2n) is 6.10. The fraction of sp³-hybridized carbons (Fsp3) is 0.600. The van der Waals surface area contributed by atoms with Gasteiger partial charge in [-0.1, -0.05) is 6.42 Å². The van der Waals surface area contributed by atoms with E-state index in [1.54, 1.807) is 6.20 Å². The average molecular weight is 293 g/mol. The summed E-state index contributed by atoms with van der Waals surface area (Å²) in [5, 5.41) is 22.0. The van der Waals surface area contributed by atoms with Crippen molar-refractivity contribution in [3.05, 3.63) is 23.4 Å². The first kappa shape index (κ1) is 15.1. The second kappa shape index (κ2) is 6.02. The summed E-state index contributed by atoms with van der Waals surface area (Å²) >= 11 is 0. The van der Waals surface area contributed by atoms with Crippen LogP contribution in [0.2, 0.25) is 0 Å². The highest BCUT2D eigenvalue weighted by atomic mass is 32.3. The fourth-order valence-electron chi connectivity index (χ4n) is 2.80. The summed E-state index contributed by atoms with van der Waals surface area (Å²) in [7, 11) is -0.773. The number of hydrogen-bond donors (Lipinski definition) is 2. The van der Waals surface area contributed by atoms with Crippen molar-refractivity contribution in [1.29, 1.82) is 5.26 Å². The lowest BCUT2D eigenvalue weighted by molar-refractivity contribution is 0.281. The maximum atomic E-state index is 9.06. The third-order valence-corrected chi connectivity index (χ3v) is 5.75. The van der Waals surface area contributed by atoms with Crippen LogP contribution in [0.5, 0.6) is 0 Å². The van der Waals surface area contributed by atoms with Crippen molar-refractivity contribution in [2.24, 2.45) is 0 Å². The zero-order valence-corrected chi connectivity index (χ0v) is 13.2. The van der Waals surface area contributed by atoms with Gasteiger partial charge < -0.3 is 10.4 Å². The van der Waals surface area contributed by atoms with Crippen molar-refractivity contribution >= 4 is 15.8 Å². The number of anilines is 1. The molecule has 1 aliphatic rings. The maximum Gasteiger partial charge on any atom is 0.130 e. The Morgan fingerprint density at radius 3 is 2.75 bits per heavy atom. The van der Waals surface area contributed by atoms with E-state index in [1.165, 1.54) is 5.56 Å². The van der Waals surface area contributed by atoms with Crippen molar-refractivity contribution in [2.45, 2.75) is 30.6 Å². The smallest absolute Gasteiger partial charge is 0.130 e. The third kappa shape index (κ3) is 3.08. The lowest BCUT2D eigenvalue weighted by Gasteiger charge is -2.37. The highest BCUT2D eigenvalue weighted by Crippen LogP contribution is 2.53. The van der Waals surface area contributed by atoms with E-state index in [1.807, 2.05) is 6.07 Å². The second-order valence-corrected chi connectivity index (χ2v) is 10.5. The van der Waals surface area contributed by atoms with Gasteiger partial charge in [0, 0.05) is 24.3 Å². The molecule has 0 amide bonds. The number of hydrogen-bond acceptors (Lipinski definition) is 4. The number of nitrogens with zero attached hydrogens (tertiary/aromatic N) is 2. The fourth-order valence-corrected chi connectivity index (χ4v) is 4.53. The van der Waals surface area contributed by atoms with Gasteiger partial charge in [-0.2, -0.15) is 5.26 Å². The van der Waals surface area contributed by atoms with E-state index in [0.29, 0.717) is 16.9 Å². The summed E-state index contributed by atoms with van der Waals surface area (Å²) in [5.41, 5.74) is 1.80. The van der Waals surface area contributed by atoms with Crippen molar-refractivity contribution in [3.63, 3.8) is 0 Å². The maximum absolute atomic E-state index is 9.06. The Morgan fingerprint density at radius 2 is 2.15 bits per heavy atom. The van der Waals surface area contributed by atoms with E-state index >= 15 is 0 Å². The number of nitrogens with one attached hydrogen (secondary N) is 1. The monoisotopic (exact) mass is 293 g/mol. The summed E-state index contributed by atoms with van der Waals surface area (Å²) in [5.74, 6) is 1.33. The van der Waals surface area contributed by atoms with Gasteiger partial charge in [0.2, 0.25) is 0 Å². The van der Waals surface area contributed by atoms with Gasteiger partial charge >= 0.3 is 0 Å². The van der Waals surface area contributed by atoms with Gasteiger partial charge in [-0.3, -0.25) is 0 Å². The SMILES string of the molecule is CS(C)(C)C1Nc2ncc(C#N)cc2C1CCCCO. The Balaban J connectivity index is 2.29. The molecule has 20 heavy (non-hydrogen) atoms. The number of rotatable bonds is 5. The molecule has 5 heteroatoms. The Bertz CT molecular complexity index is 519. The first-order chi connectivity index (χ1) is 9.47. The number of pyridine rings is 1. The van der Waals surface area contributed by atoms with Gasteiger partial charge in [-0.05, 0) is 37.7 Å². The Hall–Kier alpha value is -1.25. The summed E-state index contributed by atoms with van der Waals surface area (Å²) in [6, 6.07) is 4.15. The standard InChI is InChI=1S/C15H23N3OS/c1-20(2,3)15-12(6-4-5-7-19)13-8-11(9-16)10-17-14(13)18-15/h8,10,12,15,19H,4-7H2,1-3H3,(H,17,18). The predicted molar refractivity (Wildman–Crippen MR) is 85.4 cm³/mol. The minimum atomic E-state index is -0.773. The predicted octanol–water partition coefficient (Wildman–Crippen LogP) is 2.65. The number of unbranched alkanes of at least 4 members (excludes halogenated alkanes) is 1. The van der Waals surface area contributed by atoms with Crippen LogP contribution < -0.4 is 5.32 Å². The average Bonchev–Trinajstić information content (AvgIpc) is 2.77. The topological polar surface area (TPSA) is 68.9 Å². The molecule has 4 nitrogen and oxygen atoms in total. The molecule has 1 aliphatic heterocycles. The van der Waals surface area contributed by atoms with E-state index in [0.717, 1.165) is 25.1 Å². The first-order valence-electron chi connectivity index (χ1n) is 6.92. The molecular formula is C15H23N3OS. The van der Waals surface area contributed by atoms with Gasteiger partial charge in [0.25, 0.3) is 0 Å². The van der Waals surface area contributed by atoms with Crippen LogP contribution in [0.4, 0.5) is 5.82 Å². The van der Waals surface area contributed by atoms with Crippen molar-refractivity contribution in [1.82, 2.24) is 4.98 Å². The van der Waals surface area contributed by atoms with Crippen molar-refractivity contribution in [3.8, 4) is 6.07 Å². The van der Waals surface area contributed by atoms with E-state index < -0.39 is 10.0 Å². The van der Waals surface area contributed by atoms with E-state index in [4.69, 9.17) is 10.4 Å². The molecule has 0 radical (unpaired) electrons. The molecule has 0 fully saturated rings. The summed E-state index contributed by atoms with van der Waals surface area (Å²) in [6.45, 7) is 0.247. The van der Waals surface area contributed by atoms with Gasteiger partial charge in [0.1, 0.15) is 11.9 Å². The van der Waals surface area contributed by atoms with Crippen LogP contribution in [0.15, 0.2) is 12.3 Å². The third-order valence-electron chi connectivity index (χ3n) is 3.78. The zero-order valence-electron chi connectivity index (χ0n) is 12.4. The van der Waals surface area contributed by atoms with Crippen LogP contribution >= 0.6 is 10.0 Å². The molecule has 0 saturated heterocycles. The molecule has 0 spiro atoms. The van der Waals surface area contributed by atoms with E-state index in [2.05, 4.69) is 35.1 Å². The zero-order chi connectivity index (χ0) is 14.8. The summed E-state index contributed by atoms with van der Waals surface area (Å²) < 4.78 is 0. The first-order valence-corrected chi connectivity index (χ1v) is 9.84. The van der Waals surface area contributed by atoms with Crippen LogP contribution in [-0.2, 0) is 0 Å². The Kier molecular flexibility index (Phi) is 4.56. The molecule has 2 N–H and O–H groups in total. The molecule has 1 aromatic heterocycles. The van der Waals surface area contributed by atoms with E-state index in [-0.39, 0.29) is 6.61 Å². The molecule has 0 aliphatic carbocycles. The van der Waals surface area contributed by atoms with Crippen LogP contribution in [0.3, 0.4) is 0 Å².